The van der Waals surface area contributed by atoms with Gasteiger partial charge in [0.1, 0.15) is 0 Å². The molecule has 1 aliphatic rings. The van der Waals surface area contributed by atoms with Gasteiger partial charge in [-0.1, -0.05) is 18.2 Å². The first kappa shape index (κ1) is 15.9. The summed E-state index contributed by atoms with van der Waals surface area (Å²) in [5, 5.41) is 7.91. The van der Waals surface area contributed by atoms with Crippen LogP contribution >= 0.6 is 0 Å². The summed E-state index contributed by atoms with van der Waals surface area (Å²) in [6, 6.07) is 10.3. The molecule has 0 atom stereocenters. The van der Waals surface area contributed by atoms with Crippen molar-refractivity contribution in [3.63, 3.8) is 0 Å². The second-order valence-electron chi connectivity index (χ2n) is 4.42. The molecule has 1 aromatic carbocycles. The van der Waals surface area contributed by atoms with Gasteiger partial charge in [-0.15, -0.1) is 0 Å². The predicted molar refractivity (Wildman–Crippen MR) is 78.3 cm³/mol. The highest BCUT2D eigenvalue weighted by Crippen LogP contribution is 2.07. The monoisotopic (exact) mass is 286 g/mol. The number of nitrogens with two attached hydrogens (primary N) is 1. The molecule has 0 bridgehead atoms. The van der Waals surface area contributed by atoms with E-state index >= 15 is 0 Å². The number of nitrogens with zero attached hydrogens (tertiary/aromatic N) is 2. The third kappa shape index (κ3) is 6.02. The van der Waals surface area contributed by atoms with Crippen LogP contribution in [0.2, 0.25) is 0 Å². The number of nitrogens with one attached hydrogen (secondary N) is 1. The molecule has 1 aromatic rings. The Morgan fingerprint density at radius 3 is 2.00 bits per heavy atom. The molecule has 0 saturated carbocycles. The SMILES string of the molecule is CN(C)c1ccccc1.NS(=O)(=O)N1CCNCC1. The number of anilines is 1. The minimum atomic E-state index is -3.43. The molecule has 0 unspecified atom stereocenters. The normalized spacial score (nSPS) is 16.4. The highest BCUT2D eigenvalue weighted by Gasteiger charge is 2.18. The largest absolute Gasteiger partial charge is 0.378 e. The van der Waals surface area contributed by atoms with Crippen LogP contribution in [0, 0.1) is 0 Å². The van der Waals surface area contributed by atoms with Crippen LogP contribution in [0.3, 0.4) is 0 Å². The Kier molecular flexibility index (Phi) is 6.23. The number of benzene rings is 1. The smallest absolute Gasteiger partial charge is 0.276 e. The highest BCUT2D eigenvalue weighted by atomic mass is 32.2. The average molecular weight is 286 g/mol. The number of hydrogen-bond donors (Lipinski definition) is 2. The molecule has 0 radical (unpaired) electrons. The predicted octanol–water partition coefficient (Wildman–Crippen LogP) is -0.152. The Labute approximate surface area is 115 Å². The van der Waals surface area contributed by atoms with Crippen molar-refractivity contribution < 1.29 is 8.42 Å². The van der Waals surface area contributed by atoms with Gasteiger partial charge in [-0.05, 0) is 12.1 Å². The molecule has 1 fully saturated rings. The van der Waals surface area contributed by atoms with E-state index in [1.165, 1.54) is 9.99 Å². The van der Waals surface area contributed by atoms with E-state index in [0.717, 1.165) is 0 Å². The Morgan fingerprint density at radius 2 is 1.68 bits per heavy atom. The number of piperazine rings is 1. The maximum atomic E-state index is 10.7. The summed E-state index contributed by atoms with van der Waals surface area (Å²) < 4.78 is 22.6. The quantitative estimate of drug-likeness (QED) is 0.792. The van der Waals surface area contributed by atoms with E-state index in [2.05, 4.69) is 22.3 Å². The summed E-state index contributed by atoms with van der Waals surface area (Å²) in [6.45, 7) is 2.35. The summed E-state index contributed by atoms with van der Waals surface area (Å²) in [5.74, 6) is 0. The molecule has 1 aliphatic heterocycles. The van der Waals surface area contributed by atoms with Crippen LogP contribution in [0.4, 0.5) is 5.69 Å². The number of hydrogen-bond acceptors (Lipinski definition) is 4. The molecule has 108 valence electrons. The van der Waals surface area contributed by atoms with Crippen LogP contribution in [-0.2, 0) is 10.2 Å². The Balaban J connectivity index is 0.000000191. The second kappa shape index (κ2) is 7.44. The standard InChI is InChI=1S/C8H11N.C4H11N3O2S/c1-9(2)8-6-4-3-5-7-8;5-10(8,9)7-3-1-6-2-4-7/h3-7H,1-2H3;6H,1-4H2,(H2,5,8,9). The van der Waals surface area contributed by atoms with E-state index in [0.29, 0.717) is 26.2 Å². The summed E-state index contributed by atoms with van der Waals surface area (Å²) in [5.41, 5.74) is 1.25. The van der Waals surface area contributed by atoms with Crippen molar-refractivity contribution in [1.82, 2.24) is 9.62 Å². The van der Waals surface area contributed by atoms with Gasteiger partial charge in [0.25, 0.3) is 10.2 Å². The Bertz CT molecular complexity index is 456. The van der Waals surface area contributed by atoms with Crippen LogP contribution < -0.4 is 15.4 Å². The molecule has 6 nitrogen and oxygen atoms in total. The van der Waals surface area contributed by atoms with Gasteiger partial charge < -0.3 is 10.2 Å². The van der Waals surface area contributed by atoms with Crippen LogP contribution in [0.25, 0.3) is 0 Å². The lowest BCUT2D eigenvalue weighted by Gasteiger charge is -2.24. The lowest BCUT2D eigenvalue weighted by atomic mass is 10.3. The van der Waals surface area contributed by atoms with Gasteiger partial charge in [0.05, 0.1) is 0 Å². The first-order chi connectivity index (χ1) is 8.91. The van der Waals surface area contributed by atoms with E-state index < -0.39 is 10.2 Å². The number of para-hydroxylation sites is 1. The molecule has 0 spiro atoms. The molecule has 2 rings (SSSR count). The summed E-state index contributed by atoms with van der Waals surface area (Å²) in [6.07, 6.45) is 0. The molecule has 1 heterocycles. The lowest BCUT2D eigenvalue weighted by molar-refractivity contribution is 0.360. The first-order valence-electron chi connectivity index (χ1n) is 6.12. The summed E-state index contributed by atoms with van der Waals surface area (Å²) >= 11 is 0. The second-order valence-corrected chi connectivity index (χ2v) is 5.97. The molecular weight excluding hydrogens is 264 g/mol. The average Bonchev–Trinajstić information content (AvgIpc) is 2.40. The highest BCUT2D eigenvalue weighted by molar-refractivity contribution is 7.86. The van der Waals surface area contributed by atoms with Gasteiger partial charge in [0.15, 0.2) is 0 Å². The molecule has 7 heteroatoms. The maximum absolute atomic E-state index is 10.7. The first-order valence-corrected chi connectivity index (χ1v) is 7.62. The molecule has 0 amide bonds. The van der Waals surface area contributed by atoms with E-state index in [9.17, 15) is 8.42 Å². The van der Waals surface area contributed by atoms with Crippen LogP contribution in [0.1, 0.15) is 0 Å². The van der Waals surface area contributed by atoms with Crippen molar-refractivity contribution in [2.24, 2.45) is 5.14 Å². The molecule has 1 saturated heterocycles. The van der Waals surface area contributed by atoms with Crippen molar-refractivity contribution in [2.75, 3.05) is 45.2 Å². The maximum Gasteiger partial charge on any atom is 0.276 e. The van der Waals surface area contributed by atoms with Crippen molar-refractivity contribution in [3.8, 4) is 0 Å². The fraction of sp³-hybridized carbons (Fsp3) is 0.500. The number of rotatable bonds is 2. The van der Waals surface area contributed by atoms with Crippen molar-refractivity contribution in [3.05, 3.63) is 30.3 Å². The fourth-order valence-electron chi connectivity index (χ4n) is 1.62. The third-order valence-electron chi connectivity index (χ3n) is 2.71. The zero-order chi connectivity index (χ0) is 14.3. The third-order valence-corrected chi connectivity index (χ3v) is 3.79. The molecule has 0 aromatic heterocycles. The van der Waals surface area contributed by atoms with Gasteiger partial charge in [0, 0.05) is 46.0 Å². The van der Waals surface area contributed by atoms with Gasteiger partial charge in [-0.3, -0.25) is 0 Å². The molecule has 3 N–H and O–H groups in total. The fourth-order valence-corrected chi connectivity index (χ4v) is 2.32. The minimum absolute atomic E-state index is 0.485. The zero-order valence-electron chi connectivity index (χ0n) is 11.4. The Morgan fingerprint density at radius 1 is 1.16 bits per heavy atom. The van der Waals surface area contributed by atoms with E-state index in [1.54, 1.807) is 0 Å². The van der Waals surface area contributed by atoms with E-state index in [1.807, 2.05) is 32.3 Å². The van der Waals surface area contributed by atoms with E-state index in [4.69, 9.17) is 5.14 Å². The summed E-state index contributed by atoms with van der Waals surface area (Å²) in [4.78, 5) is 2.08. The van der Waals surface area contributed by atoms with Crippen molar-refractivity contribution in [2.45, 2.75) is 0 Å². The van der Waals surface area contributed by atoms with Gasteiger partial charge in [0.2, 0.25) is 0 Å². The molecule has 0 aliphatic carbocycles. The van der Waals surface area contributed by atoms with Crippen molar-refractivity contribution >= 4 is 15.9 Å². The van der Waals surface area contributed by atoms with Crippen LogP contribution in [0.15, 0.2) is 30.3 Å². The summed E-state index contributed by atoms with van der Waals surface area (Å²) in [7, 11) is 0.642. The van der Waals surface area contributed by atoms with Crippen LogP contribution in [0.5, 0.6) is 0 Å². The zero-order valence-corrected chi connectivity index (χ0v) is 12.2. The van der Waals surface area contributed by atoms with Gasteiger partial charge in [-0.2, -0.15) is 12.7 Å². The van der Waals surface area contributed by atoms with Crippen molar-refractivity contribution in [1.29, 1.82) is 0 Å². The lowest BCUT2D eigenvalue weighted by Crippen LogP contribution is -2.48. The van der Waals surface area contributed by atoms with Gasteiger partial charge >= 0.3 is 0 Å². The minimum Gasteiger partial charge on any atom is -0.378 e. The Hall–Kier alpha value is -1.15. The van der Waals surface area contributed by atoms with Crippen LogP contribution in [-0.4, -0.2) is 53.0 Å². The van der Waals surface area contributed by atoms with Gasteiger partial charge in [-0.25, -0.2) is 5.14 Å². The molecular formula is C12H22N4O2S. The topological polar surface area (TPSA) is 78.7 Å². The van der Waals surface area contributed by atoms with E-state index in [-0.39, 0.29) is 0 Å². The molecule has 19 heavy (non-hydrogen) atoms.